The second-order valence-electron chi connectivity index (χ2n) is 6.30. The first-order valence-electron chi connectivity index (χ1n) is 8.90. The number of carbonyl (C=O) groups is 1. The van der Waals surface area contributed by atoms with E-state index in [-0.39, 0.29) is 24.0 Å². The number of piperidine rings is 1. The highest BCUT2D eigenvalue weighted by molar-refractivity contribution is 5.74. The van der Waals surface area contributed by atoms with Crippen LogP contribution in [0.5, 0.6) is 6.01 Å². The highest BCUT2D eigenvalue weighted by Gasteiger charge is 2.25. The maximum absolute atomic E-state index is 13.1. The fourth-order valence-electron chi connectivity index (χ4n) is 3.03. The van der Waals surface area contributed by atoms with Gasteiger partial charge in [0.1, 0.15) is 11.9 Å². The van der Waals surface area contributed by atoms with Crippen LogP contribution in [0.1, 0.15) is 37.8 Å². The molecular weight excluding hydrogens is 335 g/mol. The Hall–Kier alpha value is -2.70. The summed E-state index contributed by atoms with van der Waals surface area (Å²) < 4.78 is 18.8. The first kappa shape index (κ1) is 18.1. The van der Waals surface area contributed by atoms with Crippen molar-refractivity contribution < 1.29 is 13.9 Å². The third-order valence-electron chi connectivity index (χ3n) is 4.52. The summed E-state index contributed by atoms with van der Waals surface area (Å²) in [4.78, 5) is 22.5. The molecule has 1 fully saturated rings. The third kappa shape index (κ3) is 4.68. The summed E-state index contributed by atoms with van der Waals surface area (Å²) in [5, 5.41) is 3.04. The fraction of sp³-hybridized carbons (Fsp3) is 0.421. The second kappa shape index (κ2) is 8.60. The predicted molar refractivity (Wildman–Crippen MR) is 95.2 cm³/mol. The summed E-state index contributed by atoms with van der Waals surface area (Å²) in [6.45, 7) is 3.22. The highest BCUT2D eigenvalue weighted by Crippen LogP contribution is 2.19. The summed E-state index contributed by atoms with van der Waals surface area (Å²) in [6, 6.07) is 8.14. The maximum Gasteiger partial charge on any atom is 0.317 e. The number of hydrogen-bond acceptors (Lipinski definition) is 4. The van der Waals surface area contributed by atoms with Crippen molar-refractivity contribution in [1.29, 1.82) is 0 Å². The van der Waals surface area contributed by atoms with Gasteiger partial charge in [0.2, 0.25) is 0 Å². The van der Waals surface area contributed by atoms with Crippen LogP contribution in [0.25, 0.3) is 0 Å². The second-order valence-corrected chi connectivity index (χ2v) is 6.30. The van der Waals surface area contributed by atoms with Crippen LogP contribution in [0, 0.1) is 5.82 Å². The summed E-state index contributed by atoms with van der Waals surface area (Å²) in [5.41, 5.74) is 0.904. The minimum Gasteiger partial charge on any atom is -0.460 e. The van der Waals surface area contributed by atoms with Crippen LogP contribution in [-0.4, -0.2) is 40.1 Å². The molecule has 1 aromatic carbocycles. The number of hydrogen-bond donors (Lipinski definition) is 1. The van der Waals surface area contributed by atoms with E-state index < -0.39 is 0 Å². The van der Waals surface area contributed by atoms with Gasteiger partial charge in [0.25, 0.3) is 0 Å². The molecule has 2 heterocycles. The molecular formula is C19H23FN4O2. The number of aromatic nitrogens is 2. The molecule has 2 amide bonds. The third-order valence-corrected chi connectivity index (χ3v) is 4.52. The van der Waals surface area contributed by atoms with Crippen molar-refractivity contribution in [3.05, 3.63) is 54.1 Å². The molecule has 0 spiro atoms. The van der Waals surface area contributed by atoms with Gasteiger partial charge in [-0.1, -0.05) is 19.1 Å². The number of nitrogens with one attached hydrogen (secondary N) is 1. The van der Waals surface area contributed by atoms with Crippen LogP contribution in [0.4, 0.5) is 9.18 Å². The molecule has 1 aliphatic heterocycles. The molecule has 1 saturated heterocycles. The number of carbonyl (C=O) groups excluding carboxylic acids is 1. The number of urea groups is 1. The quantitative estimate of drug-likeness (QED) is 0.890. The molecule has 26 heavy (non-hydrogen) atoms. The molecule has 1 unspecified atom stereocenters. The first-order chi connectivity index (χ1) is 12.7. The largest absolute Gasteiger partial charge is 0.460 e. The SMILES string of the molecule is CCC(NC(=O)N1CCC(Oc2ncccn2)CC1)c1ccc(F)cc1. The van der Waals surface area contributed by atoms with Crippen molar-refractivity contribution in [2.45, 2.75) is 38.3 Å². The Labute approximate surface area is 152 Å². The molecule has 6 nitrogen and oxygen atoms in total. The topological polar surface area (TPSA) is 67.4 Å². The molecule has 0 bridgehead atoms. The average molecular weight is 358 g/mol. The Balaban J connectivity index is 1.50. The minimum atomic E-state index is -0.278. The van der Waals surface area contributed by atoms with Gasteiger partial charge in [0.05, 0.1) is 6.04 Å². The van der Waals surface area contributed by atoms with Crippen LogP contribution < -0.4 is 10.1 Å². The molecule has 0 saturated carbocycles. The number of benzene rings is 1. The van der Waals surface area contributed by atoms with Crippen molar-refractivity contribution in [2.75, 3.05) is 13.1 Å². The maximum atomic E-state index is 13.1. The van der Waals surface area contributed by atoms with Crippen molar-refractivity contribution in [2.24, 2.45) is 0 Å². The lowest BCUT2D eigenvalue weighted by Crippen LogP contribution is -2.47. The number of halogens is 1. The summed E-state index contributed by atoms with van der Waals surface area (Å²) in [5.74, 6) is -0.278. The van der Waals surface area contributed by atoms with Gasteiger partial charge >= 0.3 is 12.0 Å². The van der Waals surface area contributed by atoms with E-state index in [4.69, 9.17) is 4.74 Å². The van der Waals surface area contributed by atoms with Crippen molar-refractivity contribution in [3.63, 3.8) is 0 Å². The number of amides is 2. The van der Waals surface area contributed by atoms with Crippen molar-refractivity contribution in [1.82, 2.24) is 20.2 Å². The summed E-state index contributed by atoms with van der Waals surface area (Å²) in [7, 11) is 0. The number of nitrogens with zero attached hydrogens (tertiary/aromatic N) is 3. The standard InChI is InChI=1S/C19H23FN4O2/c1-2-17(14-4-6-15(20)7-5-14)23-19(25)24-12-8-16(9-13-24)26-18-21-10-3-11-22-18/h3-7,10-11,16-17H,2,8-9,12-13H2,1H3,(H,23,25). The molecule has 7 heteroatoms. The lowest BCUT2D eigenvalue weighted by Gasteiger charge is -2.33. The van der Waals surface area contributed by atoms with Crippen molar-refractivity contribution >= 4 is 6.03 Å². The molecule has 1 aliphatic rings. The average Bonchev–Trinajstić information content (AvgIpc) is 2.68. The summed E-state index contributed by atoms with van der Waals surface area (Å²) >= 11 is 0. The molecule has 1 atom stereocenters. The number of likely N-dealkylation sites (tertiary alicyclic amines) is 1. The van der Waals surface area contributed by atoms with Crippen LogP contribution in [0.2, 0.25) is 0 Å². The molecule has 1 N–H and O–H groups in total. The zero-order valence-electron chi connectivity index (χ0n) is 14.8. The van der Waals surface area contributed by atoms with E-state index in [0.29, 0.717) is 19.1 Å². The van der Waals surface area contributed by atoms with Crippen molar-refractivity contribution in [3.8, 4) is 6.01 Å². The molecule has 0 aliphatic carbocycles. The zero-order chi connectivity index (χ0) is 18.4. The smallest absolute Gasteiger partial charge is 0.317 e. The van der Waals surface area contributed by atoms with E-state index in [2.05, 4.69) is 15.3 Å². The predicted octanol–water partition coefficient (Wildman–Crippen LogP) is 3.32. The van der Waals surface area contributed by atoms with Crippen LogP contribution in [0.15, 0.2) is 42.7 Å². The van der Waals surface area contributed by atoms with Gasteiger partial charge in [0.15, 0.2) is 0 Å². The molecule has 2 aromatic rings. The van der Waals surface area contributed by atoms with Gasteiger partial charge in [0, 0.05) is 38.3 Å². The summed E-state index contributed by atoms with van der Waals surface area (Å²) in [6.07, 6.45) is 5.51. The van der Waals surface area contributed by atoms with E-state index >= 15 is 0 Å². The Bertz CT molecular complexity index is 703. The van der Waals surface area contributed by atoms with E-state index in [0.717, 1.165) is 24.8 Å². The molecule has 0 radical (unpaired) electrons. The van der Waals surface area contributed by atoms with Gasteiger partial charge in [-0.25, -0.2) is 19.2 Å². The first-order valence-corrected chi connectivity index (χ1v) is 8.90. The Morgan fingerprint density at radius 2 is 1.92 bits per heavy atom. The lowest BCUT2D eigenvalue weighted by atomic mass is 10.0. The number of rotatable bonds is 5. The van der Waals surface area contributed by atoms with E-state index in [9.17, 15) is 9.18 Å². The Kier molecular flexibility index (Phi) is 5.99. The number of ether oxygens (including phenoxy) is 1. The van der Waals surface area contributed by atoms with E-state index in [1.165, 1.54) is 12.1 Å². The fourth-order valence-corrected chi connectivity index (χ4v) is 3.03. The molecule has 138 valence electrons. The van der Waals surface area contributed by atoms with Gasteiger partial charge in [-0.2, -0.15) is 0 Å². The van der Waals surface area contributed by atoms with Gasteiger partial charge in [-0.3, -0.25) is 0 Å². The minimum absolute atomic E-state index is 0.0144. The monoisotopic (exact) mass is 358 g/mol. The normalized spacial score (nSPS) is 16.2. The van der Waals surface area contributed by atoms with E-state index in [1.54, 1.807) is 35.5 Å². The van der Waals surface area contributed by atoms with Crippen LogP contribution >= 0.6 is 0 Å². The van der Waals surface area contributed by atoms with Gasteiger partial charge in [-0.05, 0) is 30.2 Å². The Morgan fingerprint density at radius 3 is 2.54 bits per heavy atom. The molecule has 3 rings (SSSR count). The Morgan fingerprint density at radius 1 is 1.27 bits per heavy atom. The van der Waals surface area contributed by atoms with Crippen LogP contribution in [0.3, 0.4) is 0 Å². The zero-order valence-corrected chi connectivity index (χ0v) is 14.8. The molecule has 1 aromatic heterocycles. The van der Waals surface area contributed by atoms with E-state index in [1.807, 2.05) is 6.92 Å². The van der Waals surface area contributed by atoms with Gasteiger partial charge < -0.3 is 15.0 Å². The highest BCUT2D eigenvalue weighted by atomic mass is 19.1. The van der Waals surface area contributed by atoms with Gasteiger partial charge in [-0.15, -0.1) is 0 Å². The lowest BCUT2D eigenvalue weighted by molar-refractivity contribution is 0.102. The van der Waals surface area contributed by atoms with Crippen LogP contribution in [-0.2, 0) is 0 Å².